The van der Waals surface area contributed by atoms with E-state index in [0.717, 1.165) is 23.8 Å². The van der Waals surface area contributed by atoms with Crippen LogP contribution in [-0.2, 0) is 12.8 Å². The second-order valence-electron chi connectivity index (χ2n) is 4.18. The normalized spacial score (nSPS) is 13.0. The summed E-state index contributed by atoms with van der Waals surface area (Å²) in [4.78, 5) is 11.8. The quantitative estimate of drug-likeness (QED) is 0.546. The van der Waals surface area contributed by atoms with Gasteiger partial charge in [-0.05, 0) is 40.8 Å². The highest BCUT2D eigenvalue weighted by Gasteiger charge is 2.17. The third kappa shape index (κ3) is 1.15. The molecule has 0 saturated carbocycles. The van der Waals surface area contributed by atoms with E-state index in [1.54, 1.807) is 0 Å². The van der Waals surface area contributed by atoms with Crippen LogP contribution in [0.25, 0.3) is 10.8 Å². The SMILES string of the molecule is C=CC(=O)c1ccc2c3c(cccc13)CC2. The Hall–Kier alpha value is -1.89. The Bertz CT molecular complexity index is 598. The molecule has 0 atom stereocenters. The van der Waals surface area contributed by atoms with Gasteiger partial charge in [-0.1, -0.05) is 36.9 Å². The Kier molecular flexibility index (Phi) is 1.93. The molecule has 1 heteroatoms. The predicted octanol–water partition coefficient (Wildman–Crippen LogP) is 3.31. The van der Waals surface area contributed by atoms with Crippen LogP contribution in [0.3, 0.4) is 0 Å². The Morgan fingerprint density at radius 3 is 2.62 bits per heavy atom. The average molecular weight is 208 g/mol. The molecule has 0 aromatic heterocycles. The van der Waals surface area contributed by atoms with E-state index in [9.17, 15) is 4.79 Å². The van der Waals surface area contributed by atoms with Crippen molar-refractivity contribution in [1.82, 2.24) is 0 Å². The lowest BCUT2D eigenvalue weighted by molar-refractivity contribution is 0.104. The first-order chi connectivity index (χ1) is 7.81. The maximum atomic E-state index is 11.8. The number of carbonyl (C=O) groups excluding carboxylic acids is 1. The lowest BCUT2D eigenvalue weighted by atomic mass is 9.97. The molecule has 78 valence electrons. The van der Waals surface area contributed by atoms with Crippen molar-refractivity contribution >= 4 is 16.6 Å². The predicted molar refractivity (Wildman–Crippen MR) is 65.9 cm³/mol. The standard InChI is InChI=1S/C15H12O/c1-2-14(16)12-9-8-11-7-6-10-4-3-5-13(12)15(10)11/h2-5,8-9H,1,6-7H2. The van der Waals surface area contributed by atoms with Crippen LogP contribution in [0.4, 0.5) is 0 Å². The smallest absolute Gasteiger partial charge is 0.185 e. The number of ketones is 1. The molecule has 0 aliphatic heterocycles. The minimum Gasteiger partial charge on any atom is -0.289 e. The molecule has 0 N–H and O–H groups in total. The van der Waals surface area contributed by atoms with Crippen molar-refractivity contribution in [1.29, 1.82) is 0 Å². The van der Waals surface area contributed by atoms with Gasteiger partial charge in [0.05, 0.1) is 0 Å². The number of hydrogen-bond acceptors (Lipinski definition) is 1. The van der Waals surface area contributed by atoms with Crippen LogP contribution >= 0.6 is 0 Å². The van der Waals surface area contributed by atoms with E-state index in [1.807, 2.05) is 18.2 Å². The van der Waals surface area contributed by atoms with Gasteiger partial charge in [-0.3, -0.25) is 4.79 Å². The Morgan fingerprint density at radius 1 is 1.12 bits per heavy atom. The van der Waals surface area contributed by atoms with Gasteiger partial charge in [0.25, 0.3) is 0 Å². The first-order valence-electron chi connectivity index (χ1n) is 5.51. The van der Waals surface area contributed by atoms with Crippen molar-refractivity contribution in [2.24, 2.45) is 0 Å². The van der Waals surface area contributed by atoms with Crippen molar-refractivity contribution in [3.05, 3.63) is 59.7 Å². The molecule has 0 heterocycles. The van der Waals surface area contributed by atoms with E-state index >= 15 is 0 Å². The third-order valence-corrected chi connectivity index (χ3v) is 3.33. The molecule has 2 aromatic rings. The average Bonchev–Trinajstić information content (AvgIpc) is 2.74. The van der Waals surface area contributed by atoms with Gasteiger partial charge in [-0.15, -0.1) is 0 Å². The van der Waals surface area contributed by atoms with Gasteiger partial charge in [-0.2, -0.15) is 0 Å². The zero-order valence-corrected chi connectivity index (χ0v) is 8.99. The molecule has 16 heavy (non-hydrogen) atoms. The van der Waals surface area contributed by atoms with Crippen LogP contribution in [0.2, 0.25) is 0 Å². The minimum absolute atomic E-state index is 0.00981. The molecular formula is C15H12O. The van der Waals surface area contributed by atoms with E-state index in [1.165, 1.54) is 22.6 Å². The maximum Gasteiger partial charge on any atom is 0.185 e. The number of rotatable bonds is 2. The number of aryl methyl sites for hydroxylation is 2. The maximum absolute atomic E-state index is 11.8. The Labute approximate surface area is 94.4 Å². The van der Waals surface area contributed by atoms with Gasteiger partial charge in [0, 0.05) is 5.56 Å². The van der Waals surface area contributed by atoms with Crippen molar-refractivity contribution in [2.75, 3.05) is 0 Å². The number of allylic oxidation sites excluding steroid dienone is 1. The van der Waals surface area contributed by atoms with E-state index in [-0.39, 0.29) is 5.78 Å². The molecule has 0 spiro atoms. The molecule has 0 fully saturated rings. The fourth-order valence-corrected chi connectivity index (χ4v) is 2.57. The zero-order valence-electron chi connectivity index (χ0n) is 8.99. The number of benzene rings is 2. The molecular weight excluding hydrogens is 196 g/mol. The van der Waals surface area contributed by atoms with Gasteiger partial charge in [0.1, 0.15) is 0 Å². The van der Waals surface area contributed by atoms with Crippen LogP contribution in [0.15, 0.2) is 43.0 Å². The van der Waals surface area contributed by atoms with Crippen LogP contribution in [0.5, 0.6) is 0 Å². The first kappa shape index (κ1) is 9.34. The van der Waals surface area contributed by atoms with Gasteiger partial charge in [0.2, 0.25) is 0 Å². The monoisotopic (exact) mass is 208 g/mol. The summed E-state index contributed by atoms with van der Waals surface area (Å²) < 4.78 is 0. The molecule has 0 unspecified atom stereocenters. The van der Waals surface area contributed by atoms with Crippen molar-refractivity contribution in [2.45, 2.75) is 12.8 Å². The van der Waals surface area contributed by atoms with Crippen molar-refractivity contribution < 1.29 is 4.79 Å². The zero-order chi connectivity index (χ0) is 11.1. The van der Waals surface area contributed by atoms with Gasteiger partial charge < -0.3 is 0 Å². The van der Waals surface area contributed by atoms with Gasteiger partial charge >= 0.3 is 0 Å². The van der Waals surface area contributed by atoms with Crippen LogP contribution < -0.4 is 0 Å². The second-order valence-corrected chi connectivity index (χ2v) is 4.18. The molecule has 2 aromatic carbocycles. The molecule has 1 aliphatic carbocycles. The third-order valence-electron chi connectivity index (χ3n) is 3.33. The summed E-state index contributed by atoms with van der Waals surface area (Å²) >= 11 is 0. The lowest BCUT2D eigenvalue weighted by Gasteiger charge is -2.06. The summed E-state index contributed by atoms with van der Waals surface area (Å²) in [5, 5.41) is 2.37. The molecule has 0 radical (unpaired) electrons. The largest absolute Gasteiger partial charge is 0.289 e. The van der Waals surface area contributed by atoms with Gasteiger partial charge in [-0.25, -0.2) is 0 Å². The van der Waals surface area contributed by atoms with Crippen LogP contribution in [0.1, 0.15) is 21.5 Å². The summed E-state index contributed by atoms with van der Waals surface area (Å²) in [5.74, 6) is 0.00981. The summed E-state index contributed by atoms with van der Waals surface area (Å²) in [6.07, 6.45) is 3.58. The molecule has 0 bridgehead atoms. The molecule has 3 rings (SSSR count). The first-order valence-corrected chi connectivity index (χ1v) is 5.51. The summed E-state index contributed by atoms with van der Waals surface area (Å²) in [6.45, 7) is 3.55. The van der Waals surface area contributed by atoms with E-state index in [2.05, 4.69) is 18.7 Å². The minimum atomic E-state index is 0.00981. The van der Waals surface area contributed by atoms with E-state index in [0.29, 0.717) is 0 Å². The summed E-state index contributed by atoms with van der Waals surface area (Å²) in [5.41, 5.74) is 3.51. The van der Waals surface area contributed by atoms with Gasteiger partial charge in [0.15, 0.2) is 5.78 Å². The van der Waals surface area contributed by atoms with Crippen molar-refractivity contribution in [3.63, 3.8) is 0 Å². The Morgan fingerprint density at radius 2 is 1.88 bits per heavy atom. The molecule has 1 nitrogen and oxygen atoms in total. The van der Waals surface area contributed by atoms with Crippen LogP contribution in [-0.4, -0.2) is 5.78 Å². The highest BCUT2D eigenvalue weighted by Crippen LogP contribution is 2.32. The topological polar surface area (TPSA) is 17.1 Å². The number of hydrogen-bond donors (Lipinski definition) is 0. The van der Waals surface area contributed by atoms with E-state index in [4.69, 9.17) is 0 Å². The molecule has 0 amide bonds. The number of carbonyl (C=O) groups is 1. The lowest BCUT2D eigenvalue weighted by Crippen LogP contribution is -1.96. The fraction of sp³-hybridized carbons (Fsp3) is 0.133. The second kappa shape index (κ2) is 3.31. The van der Waals surface area contributed by atoms with E-state index < -0.39 is 0 Å². The molecule has 1 aliphatic rings. The van der Waals surface area contributed by atoms with Crippen molar-refractivity contribution in [3.8, 4) is 0 Å². The Balaban J connectivity index is 2.42. The highest BCUT2D eigenvalue weighted by molar-refractivity contribution is 6.14. The highest BCUT2D eigenvalue weighted by atomic mass is 16.1. The summed E-state index contributed by atoms with van der Waals surface area (Å²) in [6, 6.07) is 10.2. The fourth-order valence-electron chi connectivity index (χ4n) is 2.57. The molecule has 0 saturated heterocycles. The summed E-state index contributed by atoms with van der Waals surface area (Å²) in [7, 11) is 0. The van der Waals surface area contributed by atoms with Crippen LogP contribution in [0, 0.1) is 0 Å².